The molecule has 0 rings (SSSR count). The quantitative estimate of drug-likeness (QED) is 0.381. The Morgan fingerprint density at radius 1 is 1.23 bits per heavy atom. The zero-order valence-electron chi connectivity index (χ0n) is 8.89. The Balaban J connectivity index is 0. The fraction of sp³-hybridized carbons (Fsp3) is 0.364. The molecule has 13 heavy (non-hydrogen) atoms. The van der Waals surface area contributed by atoms with Gasteiger partial charge in [0.15, 0.2) is 0 Å². The number of ether oxygens (including phenoxy) is 1. The molecule has 0 N–H and O–H groups in total. The Morgan fingerprint density at radius 3 is 2.00 bits per heavy atom. The molecule has 0 atom stereocenters. The number of esters is 1. The van der Waals surface area contributed by atoms with E-state index in [9.17, 15) is 4.79 Å². The Labute approximate surface area is 80.6 Å². The van der Waals surface area contributed by atoms with Crippen molar-refractivity contribution in [1.29, 1.82) is 0 Å². The van der Waals surface area contributed by atoms with E-state index in [1.54, 1.807) is 12.2 Å². The normalized spacial score (nSPS) is 8.62. The molecule has 0 spiro atoms. The van der Waals surface area contributed by atoms with E-state index in [0.29, 0.717) is 5.57 Å². The van der Waals surface area contributed by atoms with Crippen LogP contribution in [-0.4, -0.2) is 13.1 Å². The van der Waals surface area contributed by atoms with Gasteiger partial charge in [-0.15, -0.1) is 0 Å². The van der Waals surface area contributed by atoms with Crippen LogP contribution < -0.4 is 0 Å². The van der Waals surface area contributed by atoms with E-state index in [0.717, 1.165) is 5.57 Å². The van der Waals surface area contributed by atoms with E-state index < -0.39 is 5.97 Å². The van der Waals surface area contributed by atoms with Gasteiger partial charge in [0.25, 0.3) is 0 Å². The number of carbonyl (C=O) groups is 1. The van der Waals surface area contributed by atoms with Crippen molar-refractivity contribution in [2.75, 3.05) is 7.11 Å². The summed E-state index contributed by atoms with van der Waals surface area (Å²) in [5.41, 5.74) is 1.20. The lowest BCUT2D eigenvalue weighted by Gasteiger charge is -1.95. The average Bonchev–Trinajstić information content (AvgIpc) is 2.16. The van der Waals surface area contributed by atoms with Crippen molar-refractivity contribution in [3.05, 3.63) is 36.5 Å². The van der Waals surface area contributed by atoms with E-state index in [1.807, 2.05) is 20.8 Å². The first-order valence-electron chi connectivity index (χ1n) is 4.18. The molecule has 0 saturated heterocycles. The second-order valence-corrected chi connectivity index (χ2v) is 2.20. The molecule has 2 nitrogen and oxygen atoms in total. The number of hydrogen-bond acceptors (Lipinski definition) is 2. The Kier molecular flexibility index (Phi) is 9.61. The SMILES string of the molecule is C=C(C)/C=C\C(=C)C(=O)OC.CC. The maximum Gasteiger partial charge on any atom is 0.337 e. The third-order valence-electron chi connectivity index (χ3n) is 1.02. The lowest BCUT2D eigenvalue weighted by atomic mass is 10.2. The Morgan fingerprint density at radius 2 is 1.69 bits per heavy atom. The zero-order chi connectivity index (χ0) is 10.9. The molecule has 74 valence electrons. The van der Waals surface area contributed by atoms with E-state index in [2.05, 4.69) is 17.9 Å². The van der Waals surface area contributed by atoms with Gasteiger partial charge in [0, 0.05) is 0 Å². The van der Waals surface area contributed by atoms with Crippen molar-refractivity contribution in [2.24, 2.45) is 0 Å². The summed E-state index contributed by atoms with van der Waals surface area (Å²) in [6.07, 6.45) is 3.29. The minimum atomic E-state index is -0.414. The molecule has 0 aliphatic rings. The standard InChI is InChI=1S/C9H12O2.C2H6/c1-7(2)5-6-8(3)9(10)11-4;1-2/h5-6H,1,3H2,2,4H3;1-2H3/b6-5-;. The third-order valence-corrected chi connectivity index (χ3v) is 1.02. The summed E-state index contributed by atoms with van der Waals surface area (Å²) in [6, 6.07) is 0. The van der Waals surface area contributed by atoms with Crippen LogP contribution in [0.3, 0.4) is 0 Å². The first-order chi connectivity index (χ1) is 6.07. The van der Waals surface area contributed by atoms with Crippen molar-refractivity contribution in [2.45, 2.75) is 20.8 Å². The molecule has 0 fully saturated rings. The van der Waals surface area contributed by atoms with Gasteiger partial charge in [-0.25, -0.2) is 4.79 Å². The highest BCUT2D eigenvalue weighted by Gasteiger charge is 2.00. The predicted octanol–water partition coefficient (Wildman–Crippen LogP) is 2.87. The second kappa shape index (κ2) is 8.78. The zero-order valence-corrected chi connectivity index (χ0v) is 8.89. The molecule has 0 saturated carbocycles. The van der Waals surface area contributed by atoms with E-state index in [1.165, 1.54) is 7.11 Å². The minimum absolute atomic E-state index is 0.329. The molecule has 0 aromatic rings. The maximum absolute atomic E-state index is 10.7. The summed E-state index contributed by atoms with van der Waals surface area (Å²) < 4.78 is 4.42. The Hall–Kier alpha value is -1.31. The summed E-state index contributed by atoms with van der Waals surface area (Å²) in [4.78, 5) is 10.7. The highest BCUT2D eigenvalue weighted by atomic mass is 16.5. The van der Waals surface area contributed by atoms with E-state index >= 15 is 0 Å². The molecular formula is C11H18O2. The van der Waals surface area contributed by atoms with Crippen LogP contribution in [-0.2, 0) is 9.53 Å². The van der Waals surface area contributed by atoms with Crippen LogP contribution in [0.25, 0.3) is 0 Å². The number of rotatable bonds is 3. The van der Waals surface area contributed by atoms with E-state index in [4.69, 9.17) is 0 Å². The van der Waals surface area contributed by atoms with Crippen LogP contribution in [0.2, 0.25) is 0 Å². The largest absolute Gasteiger partial charge is 0.465 e. The minimum Gasteiger partial charge on any atom is -0.465 e. The summed E-state index contributed by atoms with van der Waals surface area (Å²) in [5, 5.41) is 0. The van der Waals surface area contributed by atoms with Gasteiger partial charge in [-0.3, -0.25) is 0 Å². The molecule has 0 aromatic carbocycles. The lowest BCUT2D eigenvalue weighted by Crippen LogP contribution is -2.00. The van der Waals surface area contributed by atoms with Crippen molar-refractivity contribution in [1.82, 2.24) is 0 Å². The van der Waals surface area contributed by atoms with Gasteiger partial charge in [0.05, 0.1) is 12.7 Å². The van der Waals surface area contributed by atoms with Crippen LogP contribution in [0.15, 0.2) is 36.5 Å². The summed E-state index contributed by atoms with van der Waals surface area (Å²) in [5.74, 6) is -0.414. The van der Waals surface area contributed by atoms with Crippen LogP contribution >= 0.6 is 0 Å². The highest BCUT2D eigenvalue weighted by molar-refractivity contribution is 5.90. The first kappa shape index (κ1) is 14.2. The highest BCUT2D eigenvalue weighted by Crippen LogP contribution is 1.98. The molecular weight excluding hydrogens is 164 g/mol. The monoisotopic (exact) mass is 182 g/mol. The first-order valence-corrected chi connectivity index (χ1v) is 4.18. The molecule has 2 heteroatoms. The third kappa shape index (κ3) is 8.60. The molecule has 0 aliphatic carbocycles. The van der Waals surface area contributed by atoms with Crippen molar-refractivity contribution in [3.8, 4) is 0 Å². The fourth-order valence-electron chi connectivity index (χ4n) is 0.442. The number of hydrogen-bond donors (Lipinski definition) is 0. The summed E-state index contributed by atoms with van der Waals surface area (Å²) >= 11 is 0. The van der Waals surface area contributed by atoms with Gasteiger partial charge in [-0.05, 0) is 13.0 Å². The predicted molar refractivity (Wildman–Crippen MR) is 56.5 cm³/mol. The van der Waals surface area contributed by atoms with Gasteiger partial charge in [0.2, 0.25) is 0 Å². The van der Waals surface area contributed by atoms with E-state index in [-0.39, 0.29) is 0 Å². The van der Waals surface area contributed by atoms with Crippen LogP contribution in [0, 0.1) is 0 Å². The summed E-state index contributed by atoms with van der Waals surface area (Å²) in [6.45, 7) is 13.0. The topological polar surface area (TPSA) is 26.3 Å². The maximum atomic E-state index is 10.7. The molecule has 0 radical (unpaired) electrons. The number of allylic oxidation sites excluding steroid dienone is 2. The number of carbonyl (C=O) groups excluding carboxylic acids is 1. The van der Waals surface area contributed by atoms with Crippen molar-refractivity contribution >= 4 is 5.97 Å². The van der Waals surface area contributed by atoms with Crippen molar-refractivity contribution < 1.29 is 9.53 Å². The van der Waals surface area contributed by atoms with Gasteiger partial charge in [0.1, 0.15) is 0 Å². The van der Waals surface area contributed by atoms with Gasteiger partial charge in [-0.1, -0.05) is 38.7 Å². The van der Waals surface area contributed by atoms with Crippen molar-refractivity contribution in [3.63, 3.8) is 0 Å². The Bertz CT molecular complexity index is 212. The van der Waals surface area contributed by atoms with Gasteiger partial charge >= 0.3 is 5.97 Å². The average molecular weight is 182 g/mol. The molecule has 0 bridgehead atoms. The molecule has 0 unspecified atom stereocenters. The van der Waals surface area contributed by atoms with Crippen LogP contribution in [0.4, 0.5) is 0 Å². The molecule has 0 amide bonds. The van der Waals surface area contributed by atoms with Crippen LogP contribution in [0.1, 0.15) is 20.8 Å². The molecule has 0 aromatic heterocycles. The smallest absolute Gasteiger partial charge is 0.337 e. The summed E-state index contributed by atoms with van der Waals surface area (Å²) in [7, 11) is 1.32. The number of methoxy groups -OCH3 is 1. The molecule has 0 aliphatic heterocycles. The van der Waals surface area contributed by atoms with Crippen LogP contribution in [0.5, 0.6) is 0 Å². The van der Waals surface area contributed by atoms with Gasteiger partial charge in [-0.2, -0.15) is 0 Å². The second-order valence-electron chi connectivity index (χ2n) is 2.20. The lowest BCUT2D eigenvalue weighted by molar-refractivity contribution is -0.135. The van der Waals surface area contributed by atoms with Gasteiger partial charge < -0.3 is 4.74 Å². The fourth-order valence-corrected chi connectivity index (χ4v) is 0.442. The molecule has 0 heterocycles.